The summed E-state index contributed by atoms with van der Waals surface area (Å²) in [5.74, 6) is 0.398. The molecular formula is C19H24N2O4S. The van der Waals surface area contributed by atoms with Crippen molar-refractivity contribution in [2.45, 2.75) is 26.5 Å². The fourth-order valence-corrected chi connectivity index (χ4v) is 2.91. The zero-order valence-electron chi connectivity index (χ0n) is 15.4. The number of anilines is 1. The summed E-state index contributed by atoms with van der Waals surface area (Å²) in [5, 5.41) is 2.83. The Hall–Kier alpha value is -2.54. The van der Waals surface area contributed by atoms with E-state index in [1.54, 1.807) is 24.3 Å². The van der Waals surface area contributed by atoms with Crippen LogP contribution in [0.2, 0.25) is 0 Å². The molecule has 0 heterocycles. The lowest BCUT2D eigenvalue weighted by Crippen LogP contribution is -2.29. The number of sulfonamides is 1. The van der Waals surface area contributed by atoms with Crippen LogP contribution in [0.4, 0.5) is 5.69 Å². The SMILES string of the molecule is CC(C)Oc1cccc(CNC(=O)c2ccccc2N(C)S(C)(=O)=O)c1. The molecule has 0 aliphatic carbocycles. The fraction of sp³-hybridized carbons (Fsp3) is 0.316. The van der Waals surface area contributed by atoms with E-state index < -0.39 is 10.0 Å². The van der Waals surface area contributed by atoms with Gasteiger partial charge in [0, 0.05) is 13.6 Å². The molecule has 1 amide bonds. The average molecular weight is 376 g/mol. The van der Waals surface area contributed by atoms with Gasteiger partial charge in [0.1, 0.15) is 5.75 Å². The number of ether oxygens (including phenoxy) is 1. The number of carbonyl (C=O) groups excluding carboxylic acids is 1. The molecule has 2 aromatic rings. The van der Waals surface area contributed by atoms with Crippen molar-refractivity contribution in [3.63, 3.8) is 0 Å². The van der Waals surface area contributed by atoms with Gasteiger partial charge in [-0.3, -0.25) is 9.10 Å². The van der Waals surface area contributed by atoms with Gasteiger partial charge in [0.25, 0.3) is 5.91 Å². The summed E-state index contributed by atoms with van der Waals surface area (Å²) in [4.78, 5) is 12.6. The zero-order valence-corrected chi connectivity index (χ0v) is 16.2. The summed E-state index contributed by atoms with van der Waals surface area (Å²) < 4.78 is 30.3. The van der Waals surface area contributed by atoms with Crippen molar-refractivity contribution >= 4 is 21.6 Å². The topological polar surface area (TPSA) is 75.7 Å². The number of hydrogen-bond acceptors (Lipinski definition) is 4. The summed E-state index contributed by atoms with van der Waals surface area (Å²) in [5.41, 5.74) is 1.53. The standard InChI is InChI=1S/C19H24N2O4S/c1-14(2)25-16-9-7-8-15(12-16)13-20-19(22)17-10-5-6-11-18(17)21(3)26(4,23)24/h5-12,14H,13H2,1-4H3,(H,20,22). The van der Waals surface area contributed by atoms with Gasteiger partial charge < -0.3 is 10.1 Å². The van der Waals surface area contributed by atoms with Crippen LogP contribution in [0.15, 0.2) is 48.5 Å². The largest absolute Gasteiger partial charge is 0.491 e. The van der Waals surface area contributed by atoms with Crippen molar-refractivity contribution in [3.8, 4) is 5.75 Å². The molecule has 0 fully saturated rings. The van der Waals surface area contributed by atoms with E-state index in [0.717, 1.165) is 21.9 Å². The highest BCUT2D eigenvalue weighted by molar-refractivity contribution is 7.92. The molecule has 0 saturated heterocycles. The lowest BCUT2D eigenvalue weighted by atomic mass is 10.1. The average Bonchev–Trinajstić information content (AvgIpc) is 2.58. The molecular weight excluding hydrogens is 352 g/mol. The number of nitrogens with one attached hydrogen (secondary N) is 1. The van der Waals surface area contributed by atoms with E-state index in [9.17, 15) is 13.2 Å². The predicted molar refractivity (Wildman–Crippen MR) is 103 cm³/mol. The van der Waals surface area contributed by atoms with Crippen molar-refractivity contribution in [1.29, 1.82) is 0 Å². The molecule has 0 aliphatic heterocycles. The lowest BCUT2D eigenvalue weighted by Gasteiger charge is -2.19. The van der Waals surface area contributed by atoms with E-state index in [0.29, 0.717) is 17.8 Å². The minimum absolute atomic E-state index is 0.0678. The van der Waals surface area contributed by atoms with Crippen LogP contribution in [0.1, 0.15) is 29.8 Å². The van der Waals surface area contributed by atoms with Crippen molar-refractivity contribution in [1.82, 2.24) is 5.32 Å². The Morgan fingerprint density at radius 1 is 1.15 bits per heavy atom. The van der Waals surface area contributed by atoms with E-state index >= 15 is 0 Å². The molecule has 2 rings (SSSR count). The Morgan fingerprint density at radius 2 is 1.85 bits per heavy atom. The van der Waals surface area contributed by atoms with Crippen molar-refractivity contribution < 1.29 is 17.9 Å². The Labute approximate surface area is 154 Å². The minimum atomic E-state index is -3.46. The normalized spacial score (nSPS) is 11.3. The predicted octanol–water partition coefficient (Wildman–Crippen LogP) is 2.80. The Bertz CT molecular complexity index is 879. The molecule has 1 N–H and O–H groups in total. The highest BCUT2D eigenvalue weighted by atomic mass is 32.2. The monoisotopic (exact) mass is 376 g/mol. The van der Waals surface area contributed by atoms with Gasteiger partial charge in [0.2, 0.25) is 10.0 Å². The molecule has 0 unspecified atom stereocenters. The van der Waals surface area contributed by atoms with Crippen molar-refractivity contribution in [2.24, 2.45) is 0 Å². The second-order valence-corrected chi connectivity index (χ2v) is 8.26. The summed E-state index contributed by atoms with van der Waals surface area (Å²) in [7, 11) is -2.03. The first-order valence-corrected chi connectivity index (χ1v) is 10.1. The summed E-state index contributed by atoms with van der Waals surface area (Å²) in [6.07, 6.45) is 1.17. The minimum Gasteiger partial charge on any atom is -0.491 e. The molecule has 0 bridgehead atoms. The van der Waals surface area contributed by atoms with Gasteiger partial charge in [-0.15, -0.1) is 0 Å². The van der Waals surface area contributed by atoms with E-state index in [1.165, 1.54) is 7.05 Å². The smallest absolute Gasteiger partial charge is 0.253 e. The first-order valence-electron chi connectivity index (χ1n) is 8.25. The molecule has 140 valence electrons. The summed E-state index contributed by atoms with van der Waals surface area (Å²) >= 11 is 0. The number of nitrogens with zero attached hydrogens (tertiary/aromatic N) is 1. The molecule has 26 heavy (non-hydrogen) atoms. The first kappa shape index (κ1) is 19.8. The number of rotatable bonds is 7. The Morgan fingerprint density at radius 3 is 2.50 bits per heavy atom. The molecule has 2 aromatic carbocycles. The summed E-state index contributed by atoms with van der Waals surface area (Å²) in [6, 6.07) is 14.1. The summed E-state index contributed by atoms with van der Waals surface area (Å²) in [6.45, 7) is 4.21. The maximum absolute atomic E-state index is 12.6. The third-order valence-corrected chi connectivity index (χ3v) is 4.90. The third kappa shape index (κ3) is 5.23. The van der Waals surface area contributed by atoms with Crippen LogP contribution in [0.25, 0.3) is 0 Å². The highest BCUT2D eigenvalue weighted by Crippen LogP contribution is 2.21. The number of para-hydroxylation sites is 1. The van der Waals surface area contributed by atoms with Gasteiger partial charge in [-0.1, -0.05) is 24.3 Å². The lowest BCUT2D eigenvalue weighted by molar-refractivity contribution is 0.0951. The van der Waals surface area contributed by atoms with Crippen LogP contribution in [0, 0.1) is 0 Å². The van der Waals surface area contributed by atoms with Gasteiger partial charge in [0.15, 0.2) is 0 Å². The quantitative estimate of drug-likeness (QED) is 0.806. The van der Waals surface area contributed by atoms with Gasteiger partial charge in [-0.05, 0) is 43.7 Å². The number of hydrogen-bond donors (Lipinski definition) is 1. The second-order valence-electron chi connectivity index (χ2n) is 6.24. The third-order valence-electron chi connectivity index (χ3n) is 3.71. The molecule has 0 spiro atoms. The number of benzene rings is 2. The van der Waals surface area contributed by atoms with Crippen LogP contribution >= 0.6 is 0 Å². The fourth-order valence-electron chi connectivity index (χ4n) is 2.40. The Kier molecular flexibility index (Phi) is 6.26. The van der Waals surface area contributed by atoms with Crippen LogP contribution in [-0.2, 0) is 16.6 Å². The molecule has 0 aromatic heterocycles. The molecule has 0 radical (unpaired) electrons. The van der Waals surface area contributed by atoms with Crippen LogP contribution in [0.5, 0.6) is 5.75 Å². The van der Waals surface area contributed by atoms with Gasteiger partial charge >= 0.3 is 0 Å². The van der Waals surface area contributed by atoms with E-state index in [2.05, 4.69) is 5.32 Å². The second kappa shape index (κ2) is 8.23. The molecule has 6 nitrogen and oxygen atoms in total. The molecule has 0 aliphatic rings. The van der Waals surface area contributed by atoms with Gasteiger partial charge in [-0.25, -0.2) is 8.42 Å². The number of carbonyl (C=O) groups is 1. The molecule has 0 atom stereocenters. The maximum Gasteiger partial charge on any atom is 0.253 e. The molecule has 0 saturated carbocycles. The van der Waals surface area contributed by atoms with Crippen LogP contribution in [0.3, 0.4) is 0 Å². The Balaban J connectivity index is 2.14. The zero-order chi connectivity index (χ0) is 19.3. The highest BCUT2D eigenvalue weighted by Gasteiger charge is 2.19. The van der Waals surface area contributed by atoms with E-state index in [4.69, 9.17) is 4.74 Å². The van der Waals surface area contributed by atoms with Crippen molar-refractivity contribution in [2.75, 3.05) is 17.6 Å². The first-order chi connectivity index (χ1) is 12.2. The molecule has 7 heteroatoms. The maximum atomic E-state index is 12.6. The van der Waals surface area contributed by atoms with E-state index in [1.807, 2.05) is 38.1 Å². The van der Waals surface area contributed by atoms with Crippen molar-refractivity contribution in [3.05, 3.63) is 59.7 Å². The van der Waals surface area contributed by atoms with Gasteiger partial charge in [-0.2, -0.15) is 0 Å². The van der Waals surface area contributed by atoms with Gasteiger partial charge in [0.05, 0.1) is 23.6 Å². The number of amides is 1. The van der Waals surface area contributed by atoms with E-state index in [-0.39, 0.29) is 12.0 Å². The van der Waals surface area contributed by atoms with Crippen LogP contribution < -0.4 is 14.4 Å². The van der Waals surface area contributed by atoms with Crippen LogP contribution in [-0.4, -0.2) is 33.7 Å².